The third-order valence-corrected chi connectivity index (χ3v) is 3.26. The van der Waals surface area contributed by atoms with Crippen molar-refractivity contribution in [1.82, 2.24) is 5.32 Å². The van der Waals surface area contributed by atoms with Gasteiger partial charge < -0.3 is 5.32 Å². The van der Waals surface area contributed by atoms with Crippen LogP contribution in [0.2, 0.25) is 0 Å². The van der Waals surface area contributed by atoms with Gasteiger partial charge in [0.25, 0.3) is 0 Å². The SMILES string of the molecule is CC[C@@H](C)C(=O)NC1CCCCCC1. The quantitative estimate of drug-likeness (QED) is 0.692. The van der Waals surface area contributed by atoms with E-state index in [2.05, 4.69) is 12.2 Å². The molecule has 1 fully saturated rings. The molecule has 0 spiro atoms. The molecule has 0 aromatic carbocycles. The van der Waals surface area contributed by atoms with Crippen molar-refractivity contribution in [3.8, 4) is 0 Å². The Morgan fingerprint density at radius 3 is 2.36 bits per heavy atom. The lowest BCUT2D eigenvalue weighted by Gasteiger charge is -2.18. The van der Waals surface area contributed by atoms with Crippen LogP contribution in [0.25, 0.3) is 0 Å². The molecular formula is C12H23NO. The topological polar surface area (TPSA) is 29.1 Å². The third kappa shape index (κ3) is 3.69. The van der Waals surface area contributed by atoms with Gasteiger partial charge in [0.05, 0.1) is 0 Å². The van der Waals surface area contributed by atoms with E-state index in [1.807, 2.05) is 6.92 Å². The average molecular weight is 197 g/mol. The van der Waals surface area contributed by atoms with E-state index in [-0.39, 0.29) is 11.8 Å². The molecule has 0 heterocycles. The third-order valence-electron chi connectivity index (χ3n) is 3.26. The molecule has 1 amide bonds. The molecule has 0 bridgehead atoms. The summed E-state index contributed by atoms with van der Waals surface area (Å²) in [5.74, 6) is 0.428. The molecular weight excluding hydrogens is 174 g/mol. The van der Waals surface area contributed by atoms with Gasteiger partial charge in [-0.1, -0.05) is 39.5 Å². The smallest absolute Gasteiger partial charge is 0.223 e. The second kappa shape index (κ2) is 6.05. The summed E-state index contributed by atoms with van der Waals surface area (Å²) >= 11 is 0. The number of hydrogen-bond donors (Lipinski definition) is 1. The lowest BCUT2D eigenvalue weighted by Crippen LogP contribution is -2.37. The van der Waals surface area contributed by atoms with Crippen LogP contribution in [0.15, 0.2) is 0 Å². The van der Waals surface area contributed by atoms with E-state index in [0.29, 0.717) is 6.04 Å². The first-order valence-corrected chi connectivity index (χ1v) is 6.04. The molecule has 1 N–H and O–H groups in total. The molecule has 1 aliphatic rings. The zero-order valence-electron chi connectivity index (χ0n) is 9.51. The summed E-state index contributed by atoms with van der Waals surface area (Å²) in [6.07, 6.45) is 8.56. The number of amides is 1. The summed E-state index contributed by atoms with van der Waals surface area (Å²) in [7, 11) is 0. The van der Waals surface area contributed by atoms with Crippen LogP contribution in [-0.2, 0) is 4.79 Å². The zero-order chi connectivity index (χ0) is 10.4. The molecule has 0 aliphatic heterocycles. The lowest BCUT2D eigenvalue weighted by molar-refractivity contribution is -0.125. The number of rotatable bonds is 3. The molecule has 0 saturated heterocycles. The maximum absolute atomic E-state index is 11.6. The largest absolute Gasteiger partial charge is 0.353 e. The Labute approximate surface area is 87.5 Å². The van der Waals surface area contributed by atoms with Gasteiger partial charge in [-0.05, 0) is 19.3 Å². The first kappa shape index (κ1) is 11.5. The standard InChI is InChI=1S/C12H23NO/c1-3-10(2)12(14)13-11-8-6-4-5-7-9-11/h10-11H,3-9H2,1-2H3,(H,13,14)/t10-/m1/s1. The second-order valence-corrected chi connectivity index (χ2v) is 4.51. The fraction of sp³-hybridized carbons (Fsp3) is 0.917. The Hall–Kier alpha value is -0.530. The van der Waals surface area contributed by atoms with Gasteiger partial charge in [-0.2, -0.15) is 0 Å². The van der Waals surface area contributed by atoms with E-state index in [9.17, 15) is 4.79 Å². The fourth-order valence-electron chi connectivity index (χ4n) is 1.95. The lowest BCUT2D eigenvalue weighted by atomic mass is 10.1. The minimum Gasteiger partial charge on any atom is -0.353 e. The van der Waals surface area contributed by atoms with Gasteiger partial charge in [0.15, 0.2) is 0 Å². The molecule has 14 heavy (non-hydrogen) atoms. The molecule has 0 aromatic heterocycles. The predicted octanol–water partition coefficient (Wildman–Crippen LogP) is 2.87. The predicted molar refractivity (Wildman–Crippen MR) is 59.1 cm³/mol. The van der Waals surface area contributed by atoms with Gasteiger partial charge >= 0.3 is 0 Å². The highest BCUT2D eigenvalue weighted by Crippen LogP contribution is 2.17. The first-order chi connectivity index (χ1) is 6.74. The highest BCUT2D eigenvalue weighted by Gasteiger charge is 2.17. The molecule has 0 unspecified atom stereocenters. The second-order valence-electron chi connectivity index (χ2n) is 4.51. The van der Waals surface area contributed by atoms with Crippen LogP contribution < -0.4 is 5.32 Å². The zero-order valence-corrected chi connectivity index (χ0v) is 9.51. The van der Waals surface area contributed by atoms with Crippen LogP contribution in [0.5, 0.6) is 0 Å². The van der Waals surface area contributed by atoms with Gasteiger partial charge in [-0.3, -0.25) is 4.79 Å². The number of nitrogens with one attached hydrogen (secondary N) is 1. The van der Waals surface area contributed by atoms with Crippen molar-refractivity contribution < 1.29 is 4.79 Å². The summed E-state index contributed by atoms with van der Waals surface area (Å²) in [4.78, 5) is 11.6. The fourth-order valence-corrected chi connectivity index (χ4v) is 1.95. The van der Waals surface area contributed by atoms with Crippen LogP contribution >= 0.6 is 0 Å². The van der Waals surface area contributed by atoms with E-state index in [0.717, 1.165) is 6.42 Å². The maximum atomic E-state index is 11.6. The van der Waals surface area contributed by atoms with Crippen molar-refractivity contribution in [2.75, 3.05) is 0 Å². The van der Waals surface area contributed by atoms with Crippen LogP contribution in [0.4, 0.5) is 0 Å². The molecule has 1 saturated carbocycles. The molecule has 2 heteroatoms. The van der Waals surface area contributed by atoms with Gasteiger partial charge in [0.2, 0.25) is 5.91 Å². The molecule has 1 atom stereocenters. The minimum atomic E-state index is 0.179. The molecule has 2 nitrogen and oxygen atoms in total. The van der Waals surface area contributed by atoms with Crippen molar-refractivity contribution in [2.24, 2.45) is 5.92 Å². The summed E-state index contributed by atoms with van der Waals surface area (Å²) in [6, 6.07) is 0.457. The Morgan fingerprint density at radius 1 is 1.29 bits per heavy atom. The molecule has 1 rings (SSSR count). The van der Waals surface area contributed by atoms with Crippen molar-refractivity contribution >= 4 is 5.91 Å². The van der Waals surface area contributed by atoms with Crippen LogP contribution in [0.3, 0.4) is 0 Å². The van der Waals surface area contributed by atoms with E-state index >= 15 is 0 Å². The van der Waals surface area contributed by atoms with E-state index < -0.39 is 0 Å². The van der Waals surface area contributed by atoms with Gasteiger partial charge in [0, 0.05) is 12.0 Å². The van der Waals surface area contributed by atoms with Gasteiger partial charge in [-0.25, -0.2) is 0 Å². The molecule has 1 aliphatic carbocycles. The molecule has 0 aromatic rings. The van der Waals surface area contributed by atoms with E-state index in [1.165, 1.54) is 38.5 Å². The van der Waals surface area contributed by atoms with Crippen LogP contribution in [0.1, 0.15) is 58.8 Å². The maximum Gasteiger partial charge on any atom is 0.223 e. The average Bonchev–Trinajstić information content (AvgIpc) is 2.45. The van der Waals surface area contributed by atoms with Crippen molar-refractivity contribution in [1.29, 1.82) is 0 Å². The van der Waals surface area contributed by atoms with Crippen LogP contribution in [0, 0.1) is 5.92 Å². The van der Waals surface area contributed by atoms with E-state index in [4.69, 9.17) is 0 Å². The Morgan fingerprint density at radius 2 is 1.86 bits per heavy atom. The van der Waals surface area contributed by atoms with Crippen molar-refractivity contribution in [2.45, 2.75) is 64.8 Å². The number of carbonyl (C=O) groups excluding carboxylic acids is 1. The summed E-state index contributed by atoms with van der Waals surface area (Å²) in [5.41, 5.74) is 0. The monoisotopic (exact) mass is 197 g/mol. The van der Waals surface area contributed by atoms with Gasteiger partial charge in [0.1, 0.15) is 0 Å². The summed E-state index contributed by atoms with van der Waals surface area (Å²) in [5, 5.41) is 3.17. The van der Waals surface area contributed by atoms with Crippen molar-refractivity contribution in [3.63, 3.8) is 0 Å². The number of carbonyl (C=O) groups is 1. The van der Waals surface area contributed by atoms with Crippen molar-refractivity contribution in [3.05, 3.63) is 0 Å². The first-order valence-electron chi connectivity index (χ1n) is 6.04. The summed E-state index contributed by atoms with van der Waals surface area (Å²) < 4.78 is 0. The van der Waals surface area contributed by atoms with E-state index in [1.54, 1.807) is 0 Å². The molecule has 82 valence electrons. The Kier molecular flexibility index (Phi) is 4.99. The molecule has 0 radical (unpaired) electrons. The number of hydrogen-bond acceptors (Lipinski definition) is 1. The Bertz CT molecular complexity index is 171. The minimum absolute atomic E-state index is 0.179. The van der Waals surface area contributed by atoms with Crippen LogP contribution in [-0.4, -0.2) is 11.9 Å². The normalized spacial score (nSPS) is 21.3. The van der Waals surface area contributed by atoms with Gasteiger partial charge in [-0.15, -0.1) is 0 Å². The Balaban J connectivity index is 2.30. The summed E-state index contributed by atoms with van der Waals surface area (Å²) in [6.45, 7) is 4.07. The highest BCUT2D eigenvalue weighted by atomic mass is 16.1. The highest BCUT2D eigenvalue weighted by molar-refractivity contribution is 5.78.